The number of ether oxygens (including phenoxy) is 2. The van der Waals surface area contributed by atoms with Crippen molar-refractivity contribution in [3.63, 3.8) is 0 Å². The maximum absolute atomic E-state index is 12.1. The zero-order chi connectivity index (χ0) is 20.4. The van der Waals surface area contributed by atoms with E-state index < -0.39 is 0 Å². The molecule has 7 nitrogen and oxygen atoms in total. The standard InChI is InChI=1S/C21H27N3O4/c1-15(2)23-21(26)16-5-4-6-18(13-16)22-14-20(25)24-17-7-9-19(10-8-17)28-12-11-27-3/h4-10,13,15,22H,11-12,14H2,1-3H3,(H,23,26)(H,24,25). The Morgan fingerprint density at radius 3 is 2.43 bits per heavy atom. The highest BCUT2D eigenvalue weighted by molar-refractivity contribution is 5.96. The van der Waals surface area contributed by atoms with Crippen molar-refractivity contribution in [2.75, 3.05) is 37.5 Å². The van der Waals surface area contributed by atoms with Crippen LogP contribution in [0.3, 0.4) is 0 Å². The number of amides is 2. The molecule has 0 spiro atoms. The Balaban J connectivity index is 1.83. The third-order valence-corrected chi connectivity index (χ3v) is 3.69. The van der Waals surface area contributed by atoms with Gasteiger partial charge in [0.05, 0.1) is 13.2 Å². The van der Waals surface area contributed by atoms with E-state index in [4.69, 9.17) is 9.47 Å². The zero-order valence-electron chi connectivity index (χ0n) is 16.5. The molecule has 2 aromatic carbocycles. The average molecular weight is 385 g/mol. The summed E-state index contributed by atoms with van der Waals surface area (Å²) < 4.78 is 10.4. The zero-order valence-corrected chi connectivity index (χ0v) is 16.5. The maximum Gasteiger partial charge on any atom is 0.251 e. The van der Waals surface area contributed by atoms with Crippen LogP contribution in [0.5, 0.6) is 5.75 Å². The van der Waals surface area contributed by atoms with E-state index in [1.165, 1.54) is 0 Å². The summed E-state index contributed by atoms with van der Waals surface area (Å²) in [5.41, 5.74) is 1.92. The number of benzene rings is 2. The van der Waals surface area contributed by atoms with E-state index in [0.29, 0.717) is 35.9 Å². The van der Waals surface area contributed by atoms with Crippen molar-refractivity contribution in [2.45, 2.75) is 19.9 Å². The third-order valence-electron chi connectivity index (χ3n) is 3.69. The molecule has 0 heterocycles. The molecule has 0 aliphatic rings. The van der Waals surface area contributed by atoms with Gasteiger partial charge in [0.2, 0.25) is 5.91 Å². The second-order valence-electron chi connectivity index (χ2n) is 6.48. The van der Waals surface area contributed by atoms with E-state index in [1.807, 2.05) is 19.9 Å². The number of methoxy groups -OCH3 is 1. The summed E-state index contributed by atoms with van der Waals surface area (Å²) in [6.45, 7) is 4.89. The topological polar surface area (TPSA) is 88.7 Å². The molecule has 3 N–H and O–H groups in total. The van der Waals surface area contributed by atoms with Gasteiger partial charge >= 0.3 is 0 Å². The highest BCUT2D eigenvalue weighted by atomic mass is 16.5. The lowest BCUT2D eigenvalue weighted by atomic mass is 10.1. The molecule has 0 atom stereocenters. The van der Waals surface area contributed by atoms with Crippen molar-refractivity contribution >= 4 is 23.2 Å². The summed E-state index contributed by atoms with van der Waals surface area (Å²) in [5.74, 6) is 0.380. The lowest BCUT2D eigenvalue weighted by Crippen LogP contribution is -2.30. The molecule has 2 aromatic rings. The number of hydrogen-bond donors (Lipinski definition) is 3. The fraction of sp³-hybridized carbons (Fsp3) is 0.333. The van der Waals surface area contributed by atoms with Gasteiger partial charge in [0.1, 0.15) is 12.4 Å². The van der Waals surface area contributed by atoms with Gasteiger partial charge in [-0.05, 0) is 56.3 Å². The first-order chi connectivity index (χ1) is 13.5. The summed E-state index contributed by atoms with van der Waals surface area (Å²) in [4.78, 5) is 24.2. The molecular weight excluding hydrogens is 358 g/mol. The molecule has 150 valence electrons. The molecule has 7 heteroatoms. The van der Waals surface area contributed by atoms with E-state index in [-0.39, 0.29) is 24.4 Å². The third kappa shape index (κ3) is 7.28. The van der Waals surface area contributed by atoms with Crippen molar-refractivity contribution < 1.29 is 19.1 Å². The van der Waals surface area contributed by atoms with Crippen LogP contribution in [-0.2, 0) is 9.53 Å². The first kappa shape index (κ1) is 21.2. The normalized spacial score (nSPS) is 10.4. The summed E-state index contributed by atoms with van der Waals surface area (Å²) >= 11 is 0. The van der Waals surface area contributed by atoms with Gasteiger partial charge in [0.25, 0.3) is 5.91 Å². The van der Waals surface area contributed by atoms with E-state index in [0.717, 1.165) is 0 Å². The van der Waals surface area contributed by atoms with Crippen LogP contribution in [0.25, 0.3) is 0 Å². The van der Waals surface area contributed by atoms with Gasteiger partial charge in [-0.2, -0.15) is 0 Å². The highest BCUT2D eigenvalue weighted by Gasteiger charge is 2.08. The summed E-state index contributed by atoms with van der Waals surface area (Å²) in [7, 11) is 1.62. The number of rotatable bonds is 10. The monoisotopic (exact) mass is 385 g/mol. The molecule has 0 fully saturated rings. The minimum atomic E-state index is -0.190. The number of nitrogens with one attached hydrogen (secondary N) is 3. The molecule has 0 radical (unpaired) electrons. The fourth-order valence-electron chi connectivity index (χ4n) is 2.38. The first-order valence-electron chi connectivity index (χ1n) is 9.14. The predicted molar refractivity (Wildman–Crippen MR) is 110 cm³/mol. The Morgan fingerprint density at radius 2 is 1.75 bits per heavy atom. The van der Waals surface area contributed by atoms with Crippen LogP contribution in [0.2, 0.25) is 0 Å². The minimum Gasteiger partial charge on any atom is -0.491 e. The van der Waals surface area contributed by atoms with Crippen molar-refractivity contribution in [3.05, 3.63) is 54.1 Å². The van der Waals surface area contributed by atoms with E-state index in [2.05, 4.69) is 16.0 Å². The smallest absolute Gasteiger partial charge is 0.251 e. The molecule has 0 aromatic heterocycles. The quantitative estimate of drug-likeness (QED) is 0.547. The van der Waals surface area contributed by atoms with Crippen LogP contribution in [0.4, 0.5) is 11.4 Å². The van der Waals surface area contributed by atoms with Crippen LogP contribution in [0.1, 0.15) is 24.2 Å². The Hall–Kier alpha value is -3.06. The lowest BCUT2D eigenvalue weighted by molar-refractivity contribution is -0.114. The molecule has 0 saturated heterocycles. The van der Waals surface area contributed by atoms with Crippen molar-refractivity contribution in [3.8, 4) is 5.75 Å². The number of carbonyl (C=O) groups is 2. The lowest BCUT2D eigenvalue weighted by Gasteiger charge is -2.11. The second-order valence-corrected chi connectivity index (χ2v) is 6.48. The van der Waals surface area contributed by atoms with Gasteiger partial charge in [-0.1, -0.05) is 6.07 Å². The Bertz CT molecular complexity index is 775. The molecule has 28 heavy (non-hydrogen) atoms. The van der Waals surface area contributed by atoms with Crippen LogP contribution in [0, 0.1) is 0 Å². The van der Waals surface area contributed by atoms with Gasteiger partial charge in [0, 0.05) is 30.1 Å². The highest BCUT2D eigenvalue weighted by Crippen LogP contribution is 2.16. The second kappa shape index (κ2) is 10.9. The summed E-state index contributed by atoms with van der Waals surface area (Å²) in [6, 6.07) is 14.2. The van der Waals surface area contributed by atoms with Crippen molar-refractivity contribution in [1.82, 2.24) is 5.32 Å². The number of anilines is 2. The maximum atomic E-state index is 12.1. The Morgan fingerprint density at radius 1 is 1.00 bits per heavy atom. The van der Waals surface area contributed by atoms with Gasteiger partial charge in [0.15, 0.2) is 0 Å². The first-order valence-corrected chi connectivity index (χ1v) is 9.14. The molecule has 0 aliphatic heterocycles. The number of hydrogen-bond acceptors (Lipinski definition) is 5. The molecule has 2 amide bonds. The molecule has 0 unspecified atom stereocenters. The van der Waals surface area contributed by atoms with Crippen LogP contribution >= 0.6 is 0 Å². The van der Waals surface area contributed by atoms with Crippen LogP contribution in [-0.4, -0.2) is 44.7 Å². The fourth-order valence-corrected chi connectivity index (χ4v) is 2.38. The van der Waals surface area contributed by atoms with E-state index in [9.17, 15) is 9.59 Å². The molecule has 0 bridgehead atoms. The van der Waals surface area contributed by atoms with Crippen LogP contribution in [0.15, 0.2) is 48.5 Å². The van der Waals surface area contributed by atoms with Crippen LogP contribution < -0.4 is 20.7 Å². The minimum absolute atomic E-state index is 0.0617. The summed E-state index contributed by atoms with van der Waals surface area (Å²) in [5, 5.41) is 8.68. The molecular formula is C21H27N3O4. The summed E-state index contributed by atoms with van der Waals surface area (Å²) in [6.07, 6.45) is 0. The molecule has 0 aliphatic carbocycles. The van der Waals surface area contributed by atoms with E-state index >= 15 is 0 Å². The van der Waals surface area contributed by atoms with E-state index in [1.54, 1.807) is 49.6 Å². The van der Waals surface area contributed by atoms with Gasteiger partial charge in [-0.15, -0.1) is 0 Å². The predicted octanol–water partition coefficient (Wildman–Crippen LogP) is 2.90. The molecule has 2 rings (SSSR count). The van der Waals surface area contributed by atoms with Crippen molar-refractivity contribution in [2.24, 2.45) is 0 Å². The SMILES string of the molecule is COCCOc1ccc(NC(=O)CNc2cccc(C(=O)NC(C)C)c2)cc1. The largest absolute Gasteiger partial charge is 0.491 e. The molecule has 0 saturated carbocycles. The Kier molecular flexibility index (Phi) is 8.30. The van der Waals surface area contributed by atoms with Gasteiger partial charge in [-0.25, -0.2) is 0 Å². The Labute approximate surface area is 165 Å². The van der Waals surface area contributed by atoms with Gasteiger partial charge in [-0.3, -0.25) is 9.59 Å². The van der Waals surface area contributed by atoms with Crippen molar-refractivity contribution in [1.29, 1.82) is 0 Å². The van der Waals surface area contributed by atoms with Gasteiger partial charge < -0.3 is 25.4 Å². The number of carbonyl (C=O) groups excluding carboxylic acids is 2. The average Bonchev–Trinajstić information content (AvgIpc) is 2.68.